The zero-order valence-corrected chi connectivity index (χ0v) is 9.73. The zero-order chi connectivity index (χ0) is 12.4. The number of amides is 1. The van der Waals surface area contributed by atoms with Gasteiger partial charge in [-0.3, -0.25) is 9.59 Å². The van der Waals surface area contributed by atoms with Crippen LogP contribution in [0.2, 0.25) is 0 Å². The lowest BCUT2D eigenvalue weighted by atomic mass is 10.2. The number of hydrogen-bond acceptors (Lipinski definition) is 3. The fraction of sp³-hybridized carbons (Fsp3) is 0.250. The maximum absolute atomic E-state index is 11.7. The normalized spacial score (nSPS) is 10.5. The van der Waals surface area contributed by atoms with Gasteiger partial charge in [0.05, 0.1) is 23.8 Å². The number of ketones is 1. The number of benzene rings is 1. The number of aromatic nitrogens is 2. The Balaban J connectivity index is 2.26. The Morgan fingerprint density at radius 3 is 2.88 bits per heavy atom. The maximum atomic E-state index is 11.7. The molecule has 1 N–H and O–H groups in total. The van der Waals surface area contributed by atoms with Crippen LogP contribution in [-0.4, -0.2) is 28.7 Å². The number of fused-ring (bicyclic) bond motifs is 1. The molecule has 0 saturated carbocycles. The second-order valence-electron chi connectivity index (χ2n) is 3.94. The van der Waals surface area contributed by atoms with Crippen LogP contribution in [0.4, 0.5) is 5.69 Å². The number of imidazole rings is 1. The number of aromatic amines is 1. The summed E-state index contributed by atoms with van der Waals surface area (Å²) in [6.07, 6.45) is 1.53. The minimum atomic E-state index is -0.212. The quantitative estimate of drug-likeness (QED) is 0.814. The van der Waals surface area contributed by atoms with Gasteiger partial charge in [-0.1, -0.05) is 0 Å². The van der Waals surface area contributed by atoms with Gasteiger partial charge < -0.3 is 9.88 Å². The van der Waals surface area contributed by atoms with Crippen molar-refractivity contribution < 1.29 is 9.59 Å². The van der Waals surface area contributed by atoms with E-state index in [0.29, 0.717) is 0 Å². The molecule has 1 aromatic heterocycles. The van der Waals surface area contributed by atoms with Gasteiger partial charge in [-0.15, -0.1) is 0 Å². The highest BCUT2D eigenvalue weighted by molar-refractivity contribution is 6.05. The van der Waals surface area contributed by atoms with E-state index in [-0.39, 0.29) is 18.1 Å². The van der Waals surface area contributed by atoms with Gasteiger partial charge in [-0.05, 0) is 25.1 Å². The molecule has 0 aliphatic heterocycles. The highest BCUT2D eigenvalue weighted by Crippen LogP contribution is 2.19. The standard InChI is InChI=1S/C12H13N3O2/c1-8(16)5-12(17)15(2)9-3-4-10-11(6-9)14-7-13-10/h3-4,6-7H,5H2,1-2H3,(H,13,14). The second kappa shape index (κ2) is 4.37. The van der Waals surface area contributed by atoms with Crippen molar-refractivity contribution in [2.45, 2.75) is 13.3 Å². The van der Waals surface area contributed by atoms with Crippen molar-refractivity contribution in [2.75, 3.05) is 11.9 Å². The lowest BCUT2D eigenvalue weighted by Crippen LogP contribution is -2.27. The summed E-state index contributed by atoms with van der Waals surface area (Å²) in [5.41, 5.74) is 2.46. The number of carbonyl (C=O) groups is 2. The van der Waals surface area contributed by atoms with Crippen LogP contribution in [0.25, 0.3) is 11.0 Å². The van der Waals surface area contributed by atoms with Crippen LogP contribution < -0.4 is 4.90 Å². The van der Waals surface area contributed by atoms with Crippen LogP contribution in [0.15, 0.2) is 24.5 Å². The summed E-state index contributed by atoms with van der Waals surface area (Å²) in [5, 5.41) is 0. The van der Waals surface area contributed by atoms with E-state index >= 15 is 0 Å². The fourth-order valence-corrected chi connectivity index (χ4v) is 1.61. The number of nitrogens with one attached hydrogen (secondary N) is 1. The summed E-state index contributed by atoms with van der Waals surface area (Å²) >= 11 is 0. The number of Topliss-reactive ketones (excluding diaryl/α,β-unsaturated/α-hetero) is 1. The molecule has 17 heavy (non-hydrogen) atoms. The molecular weight excluding hydrogens is 218 g/mol. The van der Waals surface area contributed by atoms with E-state index in [1.807, 2.05) is 12.1 Å². The molecule has 5 nitrogen and oxygen atoms in total. The van der Waals surface area contributed by atoms with E-state index in [1.54, 1.807) is 19.4 Å². The largest absolute Gasteiger partial charge is 0.345 e. The van der Waals surface area contributed by atoms with Gasteiger partial charge in [0, 0.05) is 12.7 Å². The second-order valence-corrected chi connectivity index (χ2v) is 3.94. The topological polar surface area (TPSA) is 66.1 Å². The van der Waals surface area contributed by atoms with Crippen LogP contribution in [0, 0.1) is 0 Å². The van der Waals surface area contributed by atoms with E-state index in [4.69, 9.17) is 0 Å². The van der Waals surface area contributed by atoms with Crippen molar-refractivity contribution >= 4 is 28.4 Å². The summed E-state index contributed by atoms with van der Waals surface area (Å²) in [5.74, 6) is -0.346. The molecule has 2 rings (SSSR count). The highest BCUT2D eigenvalue weighted by Gasteiger charge is 2.13. The third-order valence-electron chi connectivity index (χ3n) is 2.57. The molecule has 2 aromatic rings. The van der Waals surface area contributed by atoms with Gasteiger partial charge in [0.1, 0.15) is 5.78 Å². The molecule has 0 atom stereocenters. The molecule has 0 spiro atoms. The Morgan fingerprint density at radius 2 is 2.18 bits per heavy atom. The van der Waals surface area contributed by atoms with Crippen LogP contribution in [0.3, 0.4) is 0 Å². The van der Waals surface area contributed by atoms with Gasteiger partial charge in [0.15, 0.2) is 0 Å². The van der Waals surface area contributed by atoms with E-state index in [2.05, 4.69) is 9.97 Å². The fourth-order valence-electron chi connectivity index (χ4n) is 1.61. The van der Waals surface area contributed by atoms with E-state index < -0.39 is 0 Å². The van der Waals surface area contributed by atoms with Gasteiger partial charge in [-0.2, -0.15) is 0 Å². The van der Waals surface area contributed by atoms with Gasteiger partial charge in [-0.25, -0.2) is 4.98 Å². The highest BCUT2D eigenvalue weighted by atomic mass is 16.2. The van der Waals surface area contributed by atoms with Crippen molar-refractivity contribution in [3.8, 4) is 0 Å². The average molecular weight is 231 g/mol. The molecule has 0 aliphatic rings. The monoisotopic (exact) mass is 231 g/mol. The van der Waals surface area contributed by atoms with E-state index in [9.17, 15) is 9.59 Å². The van der Waals surface area contributed by atoms with E-state index in [0.717, 1.165) is 16.7 Å². The van der Waals surface area contributed by atoms with Crippen molar-refractivity contribution in [2.24, 2.45) is 0 Å². The molecule has 0 bridgehead atoms. The molecule has 0 aliphatic carbocycles. The predicted molar refractivity (Wildman–Crippen MR) is 64.8 cm³/mol. The number of rotatable bonds is 3. The number of anilines is 1. The first-order valence-electron chi connectivity index (χ1n) is 5.27. The van der Waals surface area contributed by atoms with Crippen LogP contribution in [0.5, 0.6) is 0 Å². The first kappa shape index (κ1) is 11.3. The molecule has 0 radical (unpaired) electrons. The molecule has 0 fully saturated rings. The summed E-state index contributed by atoms with van der Waals surface area (Å²) in [6.45, 7) is 1.41. The first-order chi connectivity index (χ1) is 8.08. The van der Waals surface area contributed by atoms with Gasteiger partial charge in [0.2, 0.25) is 5.91 Å². The smallest absolute Gasteiger partial charge is 0.234 e. The minimum Gasteiger partial charge on any atom is -0.345 e. The van der Waals surface area contributed by atoms with Crippen molar-refractivity contribution in [3.05, 3.63) is 24.5 Å². The molecule has 0 unspecified atom stereocenters. The molecule has 1 amide bonds. The zero-order valence-electron chi connectivity index (χ0n) is 9.73. The molecule has 1 heterocycles. The summed E-state index contributed by atoms with van der Waals surface area (Å²) < 4.78 is 0. The lowest BCUT2D eigenvalue weighted by molar-refractivity contribution is -0.125. The Kier molecular flexibility index (Phi) is 2.91. The third-order valence-corrected chi connectivity index (χ3v) is 2.57. The van der Waals surface area contributed by atoms with Gasteiger partial charge >= 0.3 is 0 Å². The minimum absolute atomic E-state index is 0.0719. The van der Waals surface area contributed by atoms with Crippen LogP contribution in [-0.2, 0) is 9.59 Å². The van der Waals surface area contributed by atoms with Gasteiger partial charge in [0.25, 0.3) is 0 Å². The van der Waals surface area contributed by atoms with Crippen molar-refractivity contribution in [3.63, 3.8) is 0 Å². The predicted octanol–water partition coefficient (Wildman–Crippen LogP) is 1.50. The molecule has 88 valence electrons. The Labute approximate surface area is 98.4 Å². The lowest BCUT2D eigenvalue weighted by Gasteiger charge is -2.16. The molecule has 1 aromatic carbocycles. The van der Waals surface area contributed by atoms with Crippen LogP contribution in [0.1, 0.15) is 13.3 Å². The maximum Gasteiger partial charge on any atom is 0.234 e. The van der Waals surface area contributed by atoms with E-state index in [1.165, 1.54) is 11.8 Å². The van der Waals surface area contributed by atoms with Crippen molar-refractivity contribution in [1.29, 1.82) is 0 Å². The van der Waals surface area contributed by atoms with Crippen LogP contribution >= 0.6 is 0 Å². The SMILES string of the molecule is CC(=O)CC(=O)N(C)c1ccc2nc[nH]c2c1. The van der Waals surface area contributed by atoms with Crippen molar-refractivity contribution in [1.82, 2.24) is 9.97 Å². The number of H-pyrrole nitrogens is 1. The summed E-state index contributed by atoms with van der Waals surface area (Å²) in [6, 6.07) is 5.47. The number of carbonyl (C=O) groups excluding carboxylic acids is 2. The first-order valence-corrected chi connectivity index (χ1v) is 5.27. The summed E-state index contributed by atoms with van der Waals surface area (Å²) in [4.78, 5) is 31.2. The Morgan fingerprint density at radius 1 is 1.41 bits per heavy atom. The third kappa shape index (κ3) is 2.33. The molecule has 0 saturated heterocycles. The Hall–Kier alpha value is -2.17. The Bertz CT molecular complexity index is 574. The number of nitrogens with zero attached hydrogens (tertiary/aromatic N) is 2. The molecule has 5 heteroatoms. The number of hydrogen-bond donors (Lipinski definition) is 1. The average Bonchev–Trinajstić information content (AvgIpc) is 2.73. The molecular formula is C12H13N3O2. The summed E-state index contributed by atoms with van der Waals surface area (Å²) in [7, 11) is 1.66.